The summed E-state index contributed by atoms with van der Waals surface area (Å²) in [7, 11) is 1.58. The van der Waals surface area contributed by atoms with Crippen LogP contribution in [0.4, 0.5) is 0 Å². The predicted molar refractivity (Wildman–Crippen MR) is 103 cm³/mol. The van der Waals surface area contributed by atoms with Gasteiger partial charge >= 0.3 is 5.97 Å². The lowest BCUT2D eigenvalue weighted by Gasteiger charge is -2.17. The summed E-state index contributed by atoms with van der Waals surface area (Å²) in [5, 5.41) is 0. The zero-order valence-electron chi connectivity index (χ0n) is 15.6. The van der Waals surface area contributed by atoms with Gasteiger partial charge in [0, 0.05) is 11.0 Å². The average molecular weight is 352 g/mol. The van der Waals surface area contributed by atoms with Crippen LogP contribution >= 0.6 is 0 Å². The lowest BCUT2D eigenvalue weighted by molar-refractivity contribution is -0.144. The molecular weight excluding hydrogens is 328 g/mol. The van der Waals surface area contributed by atoms with Gasteiger partial charge < -0.3 is 9.47 Å². The highest BCUT2D eigenvalue weighted by molar-refractivity contribution is 6.22. The lowest BCUT2D eigenvalue weighted by Crippen LogP contribution is -2.26. The summed E-state index contributed by atoms with van der Waals surface area (Å²) in [6, 6.07) is 16.6. The molecule has 2 aromatic rings. The van der Waals surface area contributed by atoms with Crippen LogP contribution in [0.25, 0.3) is 11.6 Å². The maximum Gasteiger partial charge on any atom is 0.339 e. The average Bonchev–Trinajstić information content (AvgIpc) is 2.64. The molecule has 26 heavy (non-hydrogen) atoms. The van der Waals surface area contributed by atoms with E-state index in [0.717, 1.165) is 5.56 Å². The molecule has 0 spiro atoms. The molecule has 0 aromatic heterocycles. The van der Waals surface area contributed by atoms with Gasteiger partial charge in [-0.15, -0.1) is 0 Å². The Morgan fingerprint density at radius 3 is 2.19 bits per heavy atom. The normalized spacial score (nSPS) is 11.8. The molecule has 0 saturated carbocycles. The van der Waals surface area contributed by atoms with E-state index in [1.165, 1.54) is 0 Å². The molecular formula is C22H24O4. The first-order chi connectivity index (χ1) is 12.3. The summed E-state index contributed by atoms with van der Waals surface area (Å²) in [5.41, 5.74) is 1.29. The summed E-state index contributed by atoms with van der Waals surface area (Å²) in [6.07, 6.45) is 1.72. The van der Waals surface area contributed by atoms with E-state index >= 15 is 0 Å². The van der Waals surface area contributed by atoms with Crippen molar-refractivity contribution in [3.05, 3.63) is 65.7 Å². The van der Waals surface area contributed by atoms with E-state index in [0.29, 0.717) is 16.9 Å². The third-order valence-corrected chi connectivity index (χ3v) is 3.91. The number of Topliss-reactive ketones (excluding diaryl/α,β-unsaturated/α-hetero) is 1. The second-order valence-electron chi connectivity index (χ2n) is 6.92. The van der Waals surface area contributed by atoms with E-state index in [2.05, 4.69) is 0 Å². The van der Waals surface area contributed by atoms with Gasteiger partial charge in [0.1, 0.15) is 5.75 Å². The largest absolute Gasteiger partial charge is 0.496 e. The molecule has 0 amide bonds. The molecule has 0 aliphatic rings. The number of benzene rings is 2. The smallest absolute Gasteiger partial charge is 0.339 e. The van der Waals surface area contributed by atoms with E-state index in [9.17, 15) is 9.59 Å². The first-order valence-electron chi connectivity index (χ1n) is 8.43. The van der Waals surface area contributed by atoms with Gasteiger partial charge in [-0.3, -0.25) is 4.79 Å². The number of carbonyl (C=O) groups excluding carboxylic acids is 2. The molecule has 4 nitrogen and oxygen atoms in total. The van der Waals surface area contributed by atoms with Gasteiger partial charge in [-0.25, -0.2) is 4.79 Å². The maximum atomic E-state index is 12.7. The molecule has 0 atom stereocenters. The zero-order chi connectivity index (χ0) is 19.2. The van der Waals surface area contributed by atoms with Crippen LogP contribution in [0.1, 0.15) is 31.9 Å². The number of ether oxygens (including phenoxy) is 2. The SMILES string of the molecule is COc1ccccc1/C=C(/C(=O)OCC(=O)C(C)(C)C)c1ccccc1. The van der Waals surface area contributed by atoms with Crippen molar-refractivity contribution in [3.63, 3.8) is 0 Å². The van der Waals surface area contributed by atoms with E-state index < -0.39 is 11.4 Å². The van der Waals surface area contributed by atoms with Crippen molar-refractivity contribution >= 4 is 23.4 Å². The summed E-state index contributed by atoms with van der Waals surface area (Å²) >= 11 is 0. The molecule has 0 radical (unpaired) electrons. The molecule has 0 unspecified atom stereocenters. The van der Waals surface area contributed by atoms with Gasteiger partial charge in [-0.05, 0) is 17.7 Å². The summed E-state index contributed by atoms with van der Waals surface area (Å²) in [6.45, 7) is 5.14. The molecule has 136 valence electrons. The highest BCUT2D eigenvalue weighted by atomic mass is 16.5. The van der Waals surface area contributed by atoms with Crippen LogP contribution in [0.2, 0.25) is 0 Å². The highest BCUT2D eigenvalue weighted by Gasteiger charge is 2.23. The highest BCUT2D eigenvalue weighted by Crippen LogP contribution is 2.25. The minimum Gasteiger partial charge on any atom is -0.496 e. The Balaban J connectivity index is 2.35. The van der Waals surface area contributed by atoms with E-state index in [4.69, 9.17) is 9.47 Å². The van der Waals surface area contributed by atoms with Gasteiger partial charge in [0.05, 0.1) is 12.7 Å². The minimum absolute atomic E-state index is 0.129. The molecule has 0 aliphatic carbocycles. The fraction of sp³-hybridized carbons (Fsp3) is 0.273. The number of methoxy groups -OCH3 is 1. The van der Waals surface area contributed by atoms with Crippen LogP contribution in [-0.2, 0) is 14.3 Å². The fourth-order valence-corrected chi connectivity index (χ4v) is 2.24. The first-order valence-corrected chi connectivity index (χ1v) is 8.43. The number of rotatable bonds is 6. The molecule has 0 heterocycles. The monoisotopic (exact) mass is 352 g/mol. The van der Waals surface area contributed by atoms with E-state index in [1.807, 2.05) is 54.6 Å². The second-order valence-corrected chi connectivity index (χ2v) is 6.92. The summed E-state index contributed by atoms with van der Waals surface area (Å²) in [5.74, 6) is -0.0187. The first kappa shape index (κ1) is 19.4. The second kappa shape index (κ2) is 8.48. The van der Waals surface area contributed by atoms with Crippen LogP contribution in [0.3, 0.4) is 0 Å². The van der Waals surface area contributed by atoms with Gasteiger partial charge in [-0.1, -0.05) is 69.3 Å². The predicted octanol–water partition coefficient (Wildman–Crippen LogP) is 4.39. The van der Waals surface area contributed by atoms with E-state index in [1.54, 1.807) is 34.0 Å². The Morgan fingerprint density at radius 2 is 1.58 bits per heavy atom. The topological polar surface area (TPSA) is 52.6 Å². The van der Waals surface area contributed by atoms with Crippen molar-refractivity contribution in [3.8, 4) is 5.75 Å². The van der Waals surface area contributed by atoms with Crippen molar-refractivity contribution < 1.29 is 19.1 Å². The van der Waals surface area contributed by atoms with Crippen LogP contribution in [0, 0.1) is 5.41 Å². The Kier molecular flexibility index (Phi) is 6.34. The number of ketones is 1. The number of carbonyl (C=O) groups is 2. The van der Waals surface area contributed by atoms with Crippen molar-refractivity contribution in [2.24, 2.45) is 5.41 Å². The molecule has 0 saturated heterocycles. The van der Waals surface area contributed by atoms with E-state index in [-0.39, 0.29) is 12.4 Å². The molecule has 0 N–H and O–H groups in total. The lowest BCUT2D eigenvalue weighted by atomic mass is 9.91. The van der Waals surface area contributed by atoms with Gasteiger partial charge in [-0.2, -0.15) is 0 Å². The molecule has 2 aromatic carbocycles. The zero-order valence-corrected chi connectivity index (χ0v) is 15.6. The van der Waals surface area contributed by atoms with Crippen molar-refractivity contribution in [1.29, 1.82) is 0 Å². The van der Waals surface area contributed by atoms with Crippen LogP contribution in [-0.4, -0.2) is 25.5 Å². The van der Waals surface area contributed by atoms with Gasteiger partial charge in [0.15, 0.2) is 12.4 Å². The Morgan fingerprint density at radius 1 is 0.962 bits per heavy atom. The fourth-order valence-electron chi connectivity index (χ4n) is 2.24. The molecule has 0 aliphatic heterocycles. The molecule has 0 fully saturated rings. The number of para-hydroxylation sites is 1. The molecule has 4 heteroatoms. The summed E-state index contributed by atoms with van der Waals surface area (Å²) < 4.78 is 10.6. The number of hydrogen-bond donors (Lipinski definition) is 0. The Bertz CT molecular complexity index is 798. The maximum absolute atomic E-state index is 12.7. The van der Waals surface area contributed by atoms with Crippen LogP contribution in [0.15, 0.2) is 54.6 Å². The number of hydrogen-bond acceptors (Lipinski definition) is 4. The van der Waals surface area contributed by atoms with Crippen molar-refractivity contribution in [1.82, 2.24) is 0 Å². The van der Waals surface area contributed by atoms with Crippen LogP contribution in [0.5, 0.6) is 5.75 Å². The van der Waals surface area contributed by atoms with Gasteiger partial charge in [0.2, 0.25) is 0 Å². The standard InChI is InChI=1S/C22H24O4/c1-22(2,3)20(23)15-26-21(24)18(16-10-6-5-7-11-16)14-17-12-8-9-13-19(17)25-4/h5-14H,15H2,1-4H3/b18-14+. The third kappa shape index (κ3) is 5.06. The van der Waals surface area contributed by atoms with Crippen molar-refractivity contribution in [2.45, 2.75) is 20.8 Å². The molecule has 2 rings (SSSR count). The third-order valence-electron chi connectivity index (χ3n) is 3.91. The quantitative estimate of drug-likeness (QED) is 0.439. The van der Waals surface area contributed by atoms with Crippen molar-refractivity contribution in [2.75, 3.05) is 13.7 Å². The number of esters is 1. The Labute approximate surface area is 154 Å². The van der Waals surface area contributed by atoms with Crippen LogP contribution < -0.4 is 4.74 Å². The summed E-state index contributed by atoms with van der Waals surface area (Å²) in [4.78, 5) is 24.8. The minimum atomic E-state index is -0.556. The van der Waals surface area contributed by atoms with Gasteiger partial charge in [0.25, 0.3) is 0 Å². The Hall–Kier alpha value is -2.88. The molecule has 0 bridgehead atoms.